The van der Waals surface area contributed by atoms with Crippen molar-refractivity contribution in [3.05, 3.63) is 46.6 Å². The van der Waals surface area contributed by atoms with E-state index in [9.17, 15) is 4.39 Å². The molecule has 0 unspecified atom stereocenters. The highest BCUT2D eigenvalue weighted by Crippen LogP contribution is 2.23. The zero-order valence-corrected chi connectivity index (χ0v) is 11.7. The first-order valence-corrected chi connectivity index (χ1v) is 6.38. The highest BCUT2D eigenvalue weighted by Gasteiger charge is 2.09. The fraction of sp³-hybridized carbons (Fsp3) is 0.214. The van der Waals surface area contributed by atoms with Gasteiger partial charge in [-0.15, -0.1) is 0 Å². The summed E-state index contributed by atoms with van der Waals surface area (Å²) < 4.78 is 13.8. The Morgan fingerprint density at radius 3 is 2.65 bits per heavy atom. The Bertz CT molecular complexity index is 679. The molecule has 6 heteroatoms. The van der Waals surface area contributed by atoms with Crippen LogP contribution in [0.2, 0.25) is 5.15 Å². The topological polar surface area (TPSA) is 61.6 Å². The van der Waals surface area contributed by atoms with Crippen molar-refractivity contribution in [2.75, 3.05) is 5.32 Å². The van der Waals surface area contributed by atoms with Crippen molar-refractivity contribution >= 4 is 23.1 Å². The molecule has 2 rings (SSSR count). The van der Waals surface area contributed by atoms with Crippen LogP contribution in [0.5, 0.6) is 0 Å². The summed E-state index contributed by atoms with van der Waals surface area (Å²) in [6, 6.07) is 7.57. The normalized spacial score (nSPS) is 10.4. The molecule has 1 N–H and O–H groups in total. The SMILES string of the molecule is CC(C)c1nc(Cl)cc(Nc2ccc(C#N)cc2F)n1. The molecular formula is C14H12ClFN4. The van der Waals surface area contributed by atoms with Gasteiger partial charge >= 0.3 is 0 Å². The first kappa shape index (κ1) is 14.2. The van der Waals surface area contributed by atoms with Gasteiger partial charge in [0.2, 0.25) is 0 Å². The van der Waals surface area contributed by atoms with Gasteiger partial charge < -0.3 is 5.32 Å². The Balaban J connectivity index is 2.33. The zero-order chi connectivity index (χ0) is 14.7. The summed E-state index contributed by atoms with van der Waals surface area (Å²) in [6.07, 6.45) is 0. The molecule has 0 saturated heterocycles. The molecule has 1 aromatic carbocycles. The molecule has 1 heterocycles. The molecule has 0 radical (unpaired) electrons. The van der Waals surface area contributed by atoms with Crippen molar-refractivity contribution in [2.24, 2.45) is 0 Å². The predicted molar refractivity (Wildman–Crippen MR) is 75.5 cm³/mol. The van der Waals surface area contributed by atoms with E-state index in [0.717, 1.165) is 6.07 Å². The van der Waals surface area contributed by atoms with Crippen LogP contribution in [0.25, 0.3) is 0 Å². The molecule has 0 aliphatic rings. The number of hydrogen-bond acceptors (Lipinski definition) is 4. The van der Waals surface area contributed by atoms with Crippen LogP contribution in [0, 0.1) is 17.1 Å². The summed E-state index contributed by atoms with van der Waals surface area (Å²) in [7, 11) is 0. The van der Waals surface area contributed by atoms with Crippen molar-refractivity contribution in [1.29, 1.82) is 5.26 Å². The number of nitriles is 1. The number of hydrogen-bond donors (Lipinski definition) is 1. The first-order chi connectivity index (χ1) is 9.49. The second-order valence-corrected chi connectivity index (χ2v) is 4.91. The number of benzene rings is 1. The molecular weight excluding hydrogens is 279 g/mol. The molecule has 0 aliphatic carbocycles. The minimum Gasteiger partial charge on any atom is -0.338 e. The van der Waals surface area contributed by atoms with Gasteiger partial charge in [-0.05, 0) is 18.2 Å². The highest BCUT2D eigenvalue weighted by molar-refractivity contribution is 6.29. The molecule has 0 saturated carbocycles. The van der Waals surface area contributed by atoms with Gasteiger partial charge in [0.05, 0.1) is 17.3 Å². The van der Waals surface area contributed by atoms with Gasteiger partial charge in [-0.1, -0.05) is 25.4 Å². The summed E-state index contributed by atoms with van der Waals surface area (Å²) in [5.74, 6) is 0.580. The lowest BCUT2D eigenvalue weighted by molar-refractivity contribution is 0.631. The van der Waals surface area contributed by atoms with E-state index in [-0.39, 0.29) is 17.2 Å². The van der Waals surface area contributed by atoms with Crippen molar-refractivity contribution in [3.63, 3.8) is 0 Å². The average Bonchev–Trinajstić information content (AvgIpc) is 2.40. The third-order valence-corrected chi connectivity index (χ3v) is 2.78. The van der Waals surface area contributed by atoms with Crippen LogP contribution in [0.1, 0.15) is 31.2 Å². The monoisotopic (exact) mass is 290 g/mol. The minimum atomic E-state index is -0.523. The van der Waals surface area contributed by atoms with Gasteiger partial charge in [0, 0.05) is 12.0 Å². The second-order valence-electron chi connectivity index (χ2n) is 4.52. The summed E-state index contributed by atoms with van der Waals surface area (Å²) in [6.45, 7) is 3.88. The van der Waals surface area contributed by atoms with Crippen molar-refractivity contribution in [2.45, 2.75) is 19.8 Å². The van der Waals surface area contributed by atoms with Gasteiger partial charge in [0.25, 0.3) is 0 Å². The van der Waals surface area contributed by atoms with E-state index in [2.05, 4.69) is 15.3 Å². The lowest BCUT2D eigenvalue weighted by atomic mass is 10.2. The molecule has 1 aromatic heterocycles. The van der Waals surface area contributed by atoms with Crippen LogP contribution in [0.4, 0.5) is 15.9 Å². The number of anilines is 2. The van der Waals surface area contributed by atoms with Crippen LogP contribution >= 0.6 is 11.6 Å². The fourth-order valence-electron chi connectivity index (χ4n) is 1.58. The molecule has 4 nitrogen and oxygen atoms in total. The van der Waals surface area contributed by atoms with E-state index in [4.69, 9.17) is 16.9 Å². The van der Waals surface area contributed by atoms with Gasteiger partial charge in [0.15, 0.2) is 0 Å². The van der Waals surface area contributed by atoms with E-state index in [1.165, 1.54) is 18.2 Å². The predicted octanol–water partition coefficient (Wildman–Crippen LogP) is 4.01. The number of nitrogens with one attached hydrogen (secondary N) is 1. The van der Waals surface area contributed by atoms with Crippen molar-refractivity contribution in [3.8, 4) is 6.07 Å². The van der Waals surface area contributed by atoms with Crippen LogP contribution < -0.4 is 5.32 Å². The third-order valence-electron chi connectivity index (χ3n) is 2.59. The van der Waals surface area contributed by atoms with E-state index in [0.29, 0.717) is 16.8 Å². The van der Waals surface area contributed by atoms with Crippen molar-refractivity contribution < 1.29 is 4.39 Å². The minimum absolute atomic E-state index is 0.111. The molecule has 0 amide bonds. The summed E-state index contributed by atoms with van der Waals surface area (Å²) >= 11 is 5.92. The van der Waals surface area contributed by atoms with Gasteiger partial charge in [-0.25, -0.2) is 14.4 Å². The molecule has 0 atom stereocenters. The summed E-state index contributed by atoms with van der Waals surface area (Å²) in [5, 5.41) is 11.8. The second kappa shape index (κ2) is 5.85. The van der Waals surface area contributed by atoms with Gasteiger partial charge in [0.1, 0.15) is 22.6 Å². The van der Waals surface area contributed by atoms with E-state index < -0.39 is 5.82 Å². The highest BCUT2D eigenvalue weighted by atomic mass is 35.5. The third kappa shape index (κ3) is 3.22. The summed E-state index contributed by atoms with van der Waals surface area (Å²) in [4.78, 5) is 8.38. The Labute approximate surface area is 121 Å². The number of aromatic nitrogens is 2. The maximum Gasteiger partial charge on any atom is 0.147 e. The quantitative estimate of drug-likeness (QED) is 0.868. The standard InChI is InChI=1S/C14H12ClFN4/c1-8(2)14-19-12(15)6-13(20-14)18-11-4-3-9(7-17)5-10(11)16/h3-6,8H,1-2H3,(H,18,19,20). The molecule has 102 valence electrons. The van der Waals surface area contributed by atoms with E-state index >= 15 is 0 Å². The lowest BCUT2D eigenvalue weighted by Crippen LogP contribution is -2.03. The Morgan fingerprint density at radius 2 is 2.05 bits per heavy atom. The number of nitrogens with zero attached hydrogens (tertiary/aromatic N) is 3. The van der Waals surface area contributed by atoms with Crippen LogP contribution in [0.15, 0.2) is 24.3 Å². The average molecular weight is 291 g/mol. The smallest absolute Gasteiger partial charge is 0.147 e. The number of halogens is 2. The molecule has 0 fully saturated rings. The Kier molecular flexibility index (Phi) is 4.16. The fourth-order valence-corrected chi connectivity index (χ4v) is 1.77. The van der Waals surface area contributed by atoms with E-state index in [1.807, 2.05) is 19.9 Å². The maximum absolute atomic E-state index is 13.8. The maximum atomic E-state index is 13.8. The van der Waals surface area contributed by atoms with E-state index in [1.54, 1.807) is 0 Å². The largest absolute Gasteiger partial charge is 0.338 e. The Hall–Kier alpha value is -2.19. The van der Waals surface area contributed by atoms with Crippen LogP contribution in [-0.2, 0) is 0 Å². The molecule has 0 spiro atoms. The molecule has 0 aliphatic heterocycles. The van der Waals surface area contributed by atoms with Crippen LogP contribution in [0.3, 0.4) is 0 Å². The van der Waals surface area contributed by atoms with Crippen molar-refractivity contribution in [1.82, 2.24) is 9.97 Å². The number of rotatable bonds is 3. The van der Waals surface area contributed by atoms with Crippen LogP contribution in [-0.4, -0.2) is 9.97 Å². The van der Waals surface area contributed by atoms with Gasteiger partial charge in [-0.3, -0.25) is 0 Å². The summed E-state index contributed by atoms with van der Waals surface area (Å²) in [5.41, 5.74) is 0.491. The molecule has 0 bridgehead atoms. The lowest BCUT2D eigenvalue weighted by Gasteiger charge is -2.10. The molecule has 2 aromatic rings. The zero-order valence-electron chi connectivity index (χ0n) is 11.0. The van der Waals surface area contributed by atoms with Gasteiger partial charge in [-0.2, -0.15) is 5.26 Å². The Morgan fingerprint density at radius 1 is 1.30 bits per heavy atom. The first-order valence-electron chi connectivity index (χ1n) is 6.00. The molecule has 20 heavy (non-hydrogen) atoms.